The van der Waals surface area contributed by atoms with Crippen LogP contribution in [-0.4, -0.2) is 63.1 Å². The molecule has 80 valence electrons. The topological polar surface area (TPSA) is 44.7 Å². The third-order valence-electron chi connectivity index (χ3n) is 1.78. The number of likely N-dealkylation sites (N-methyl/N-ethyl adjacent to an activating group) is 2. The zero-order chi connectivity index (χ0) is 10.1. The summed E-state index contributed by atoms with van der Waals surface area (Å²) in [4.78, 5) is 2.08. The van der Waals surface area contributed by atoms with Gasteiger partial charge in [0, 0.05) is 26.2 Å². The van der Waals surface area contributed by atoms with E-state index >= 15 is 0 Å². The normalized spacial score (nSPS) is 13.6. The molecule has 0 fully saturated rings. The van der Waals surface area contributed by atoms with E-state index in [1.165, 1.54) is 0 Å². The van der Waals surface area contributed by atoms with Crippen LogP contribution in [0.4, 0.5) is 0 Å². The van der Waals surface area contributed by atoms with Crippen molar-refractivity contribution in [1.82, 2.24) is 10.2 Å². The number of nitrogens with zero attached hydrogens (tertiary/aromatic N) is 1. The molecule has 0 amide bonds. The molecule has 0 aliphatic carbocycles. The van der Waals surface area contributed by atoms with Gasteiger partial charge in [0.15, 0.2) is 0 Å². The fraction of sp³-hybridized carbons (Fsp3) is 1.00. The van der Waals surface area contributed by atoms with Gasteiger partial charge in [-0.25, -0.2) is 0 Å². The molecule has 0 rings (SSSR count). The summed E-state index contributed by atoms with van der Waals surface area (Å²) in [6.45, 7) is 5.58. The third-order valence-corrected chi connectivity index (χ3v) is 1.78. The Bertz CT molecular complexity index is 99.8. The average molecular weight is 190 g/mol. The van der Waals surface area contributed by atoms with Crippen LogP contribution in [0.5, 0.6) is 0 Å². The lowest BCUT2D eigenvalue weighted by molar-refractivity contribution is 0.0258. The zero-order valence-electron chi connectivity index (χ0n) is 8.92. The van der Waals surface area contributed by atoms with Crippen LogP contribution in [0.1, 0.15) is 6.92 Å². The second-order valence-corrected chi connectivity index (χ2v) is 3.18. The summed E-state index contributed by atoms with van der Waals surface area (Å²) < 4.78 is 5.11. The molecule has 1 unspecified atom stereocenters. The average Bonchev–Trinajstić information content (AvgIpc) is 2.11. The van der Waals surface area contributed by atoms with Crippen LogP contribution in [0.25, 0.3) is 0 Å². The molecular weight excluding hydrogens is 168 g/mol. The second kappa shape index (κ2) is 8.44. The lowest BCUT2D eigenvalue weighted by Crippen LogP contribution is -2.35. The summed E-state index contributed by atoms with van der Waals surface area (Å²) in [7, 11) is 3.91. The minimum absolute atomic E-state index is 0.373. The van der Waals surface area contributed by atoms with Crippen molar-refractivity contribution >= 4 is 0 Å². The van der Waals surface area contributed by atoms with Crippen LogP contribution in [0.3, 0.4) is 0 Å². The molecule has 4 heteroatoms. The van der Waals surface area contributed by atoms with Crippen molar-refractivity contribution in [2.75, 3.05) is 46.9 Å². The highest BCUT2D eigenvalue weighted by molar-refractivity contribution is 4.61. The van der Waals surface area contributed by atoms with Gasteiger partial charge in [0.1, 0.15) is 0 Å². The lowest BCUT2D eigenvalue weighted by Gasteiger charge is -2.19. The van der Waals surface area contributed by atoms with Gasteiger partial charge in [0.2, 0.25) is 0 Å². The first-order valence-electron chi connectivity index (χ1n) is 4.79. The van der Waals surface area contributed by atoms with Gasteiger partial charge in [-0.1, -0.05) is 0 Å². The predicted octanol–water partition coefficient (Wildman–Crippen LogP) is -0.465. The van der Waals surface area contributed by atoms with Crippen LogP contribution >= 0.6 is 0 Å². The Kier molecular flexibility index (Phi) is 8.33. The first-order valence-corrected chi connectivity index (χ1v) is 4.79. The number of hydrogen-bond acceptors (Lipinski definition) is 4. The zero-order valence-corrected chi connectivity index (χ0v) is 8.92. The maximum Gasteiger partial charge on any atom is 0.0900 e. The van der Waals surface area contributed by atoms with E-state index in [1.54, 1.807) is 0 Å². The maximum absolute atomic E-state index is 9.46. The highest BCUT2D eigenvalue weighted by Gasteiger charge is 2.06. The fourth-order valence-electron chi connectivity index (χ4n) is 1.06. The minimum atomic E-state index is -0.373. The molecule has 13 heavy (non-hydrogen) atoms. The Balaban J connectivity index is 3.35. The van der Waals surface area contributed by atoms with E-state index in [9.17, 15) is 5.11 Å². The molecule has 0 saturated heterocycles. The van der Waals surface area contributed by atoms with Crippen LogP contribution in [0.2, 0.25) is 0 Å². The predicted molar refractivity (Wildman–Crippen MR) is 53.9 cm³/mol. The second-order valence-electron chi connectivity index (χ2n) is 3.18. The standard InChI is InChI=1S/C9H22N2O2/c1-4-13-8-9(12)7-11(3)6-5-10-2/h9-10,12H,4-8H2,1-3H3. The van der Waals surface area contributed by atoms with Gasteiger partial charge in [0.25, 0.3) is 0 Å². The first kappa shape index (κ1) is 12.8. The molecule has 0 heterocycles. The number of rotatable bonds is 8. The van der Waals surface area contributed by atoms with Crippen molar-refractivity contribution in [3.63, 3.8) is 0 Å². The van der Waals surface area contributed by atoms with Gasteiger partial charge in [0.05, 0.1) is 12.7 Å². The molecular formula is C9H22N2O2. The van der Waals surface area contributed by atoms with Crippen LogP contribution in [-0.2, 0) is 4.74 Å². The number of nitrogens with one attached hydrogen (secondary N) is 1. The quantitative estimate of drug-likeness (QED) is 0.543. The van der Waals surface area contributed by atoms with Crippen molar-refractivity contribution in [2.45, 2.75) is 13.0 Å². The van der Waals surface area contributed by atoms with Crippen molar-refractivity contribution in [1.29, 1.82) is 0 Å². The van der Waals surface area contributed by atoms with E-state index in [-0.39, 0.29) is 6.10 Å². The van der Waals surface area contributed by atoms with Crippen LogP contribution < -0.4 is 5.32 Å². The van der Waals surface area contributed by atoms with E-state index in [0.717, 1.165) is 13.1 Å². The van der Waals surface area contributed by atoms with Gasteiger partial charge in [-0.3, -0.25) is 0 Å². The Morgan fingerprint density at radius 2 is 2.23 bits per heavy atom. The summed E-state index contributed by atoms with van der Waals surface area (Å²) >= 11 is 0. The van der Waals surface area contributed by atoms with Crippen molar-refractivity contribution in [2.24, 2.45) is 0 Å². The molecule has 1 atom stereocenters. The summed E-state index contributed by atoms with van der Waals surface area (Å²) in [6, 6.07) is 0. The highest BCUT2D eigenvalue weighted by Crippen LogP contribution is 1.90. The first-order chi connectivity index (χ1) is 6.20. The summed E-state index contributed by atoms with van der Waals surface area (Å²) in [5.41, 5.74) is 0. The van der Waals surface area contributed by atoms with Crippen molar-refractivity contribution in [3.05, 3.63) is 0 Å². The van der Waals surface area contributed by atoms with E-state index in [1.807, 2.05) is 21.0 Å². The molecule has 2 N–H and O–H groups in total. The monoisotopic (exact) mass is 190 g/mol. The maximum atomic E-state index is 9.46. The molecule has 0 radical (unpaired) electrons. The van der Waals surface area contributed by atoms with Gasteiger partial charge in [-0.05, 0) is 21.0 Å². The number of ether oxygens (including phenoxy) is 1. The Hall–Kier alpha value is -0.160. The van der Waals surface area contributed by atoms with Gasteiger partial charge >= 0.3 is 0 Å². The number of aliphatic hydroxyl groups is 1. The van der Waals surface area contributed by atoms with Crippen molar-refractivity contribution in [3.8, 4) is 0 Å². The smallest absolute Gasteiger partial charge is 0.0900 e. The molecule has 0 bridgehead atoms. The largest absolute Gasteiger partial charge is 0.389 e. The molecule has 0 aromatic heterocycles. The molecule has 0 aliphatic rings. The van der Waals surface area contributed by atoms with Gasteiger partial charge in [-0.2, -0.15) is 0 Å². The molecule has 0 saturated carbocycles. The lowest BCUT2D eigenvalue weighted by atomic mass is 10.3. The molecule has 0 spiro atoms. The van der Waals surface area contributed by atoms with Crippen LogP contribution in [0.15, 0.2) is 0 Å². The van der Waals surface area contributed by atoms with Gasteiger partial charge < -0.3 is 20.1 Å². The SMILES string of the molecule is CCOCC(O)CN(C)CCNC. The number of hydrogen-bond donors (Lipinski definition) is 2. The van der Waals surface area contributed by atoms with E-state index < -0.39 is 0 Å². The summed E-state index contributed by atoms with van der Waals surface area (Å²) in [5, 5.41) is 12.5. The molecule has 0 aromatic carbocycles. The Morgan fingerprint density at radius 1 is 1.54 bits per heavy atom. The van der Waals surface area contributed by atoms with Gasteiger partial charge in [-0.15, -0.1) is 0 Å². The van der Waals surface area contributed by atoms with Crippen LogP contribution in [0, 0.1) is 0 Å². The summed E-state index contributed by atoms with van der Waals surface area (Å²) in [5.74, 6) is 0. The molecule has 0 aliphatic heterocycles. The van der Waals surface area contributed by atoms with E-state index in [2.05, 4.69) is 10.2 Å². The van der Waals surface area contributed by atoms with Crippen molar-refractivity contribution < 1.29 is 9.84 Å². The minimum Gasteiger partial charge on any atom is -0.389 e. The molecule has 4 nitrogen and oxygen atoms in total. The Morgan fingerprint density at radius 3 is 2.77 bits per heavy atom. The highest BCUT2D eigenvalue weighted by atomic mass is 16.5. The van der Waals surface area contributed by atoms with E-state index in [0.29, 0.717) is 19.8 Å². The fourth-order valence-corrected chi connectivity index (χ4v) is 1.06. The summed E-state index contributed by atoms with van der Waals surface area (Å²) in [6.07, 6.45) is -0.373. The van der Waals surface area contributed by atoms with E-state index in [4.69, 9.17) is 4.74 Å². The third kappa shape index (κ3) is 8.18. The number of aliphatic hydroxyl groups excluding tert-OH is 1. The molecule has 0 aromatic rings. The Labute approximate surface area is 80.9 Å².